The molecule has 2 aliphatic rings. The summed E-state index contributed by atoms with van der Waals surface area (Å²) in [5, 5.41) is 7.31. The smallest absolute Gasteiger partial charge is 0.163 e. The second-order valence-corrected chi connectivity index (χ2v) is 10.6. The highest BCUT2D eigenvalue weighted by atomic mass is 16.5. The lowest BCUT2D eigenvalue weighted by molar-refractivity contribution is -0.116. The summed E-state index contributed by atoms with van der Waals surface area (Å²) in [6.45, 7) is 8.17. The zero-order chi connectivity index (χ0) is 27.5. The minimum Gasteiger partial charge on any atom is -0.493 e. The van der Waals surface area contributed by atoms with Gasteiger partial charge in [-0.15, -0.1) is 0 Å². The number of hydrogen-bond donors (Lipinski definition) is 2. The molecule has 0 bridgehead atoms. The van der Waals surface area contributed by atoms with Gasteiger partial charge in [-0.25, -0.2) is 0 Å². The molecular formula is C33H38N2O4. The van der Waals surface area contributed by atoms with Gasteiger partial charge in [0.2, 0.25) is 0 Å². The SMILES string of the molecule is CCC(C)Oc1ccccc1C1Nc2ccccc2NC2=C1C(=O)CC(c1ccc(OC(C)C)c(OC)c1)C2. The Morgan fingerprint density at radius 1 is 0.872 bits per heavy atom. The molecule has 5 rings (SSSR count). The van der Waals surface area contributed by atoms with E-state index in [0.29, 0.717) is 24.3 Å². The van der Waals surface area contributed by atoms with Gasteiger partial charge in [-0.1, -0.05) is 43.3 Å². The number of methoxy groups -OCH3 is 1. The number of allylic oxidation sites excluding steroid dienone is 1. The normalized spacial score (nSPS) is 19.3. The van der Waals surface area contributed by atoms with E-state index in [1.54, 1.807) is 7.11 Å². The van der Waals surface area contributed by atoms with Crippen LogP contribution in [0.4, 0.5) is 11.4 Å². The quantitative estimate of drug-likeness (QED) is 0.314. The first-order valence-corrected chi connectivity index (χ1v) is 13.9. The first-order valence-electron chi connectivity index (χ1n) is 13.9. The van der Waals surface area contributed by atoms with Gasteiger partial charge in [0.25, 0.3) is 0 Å². The second-order valence-electron chi connectivity index (χ2n) is 10.6. The number of nitrogens with one attached hydrogen (secondary N) is 2. The highest BCUT2D eigenvalue weighted by Crippen LogP contribution is 2.46. The predicted octanol–water partition coefficient (Wildman–Crippen LogP) is 7.64. The molecule has 3 unspecified atom stereocenters. The third-order valence-electron chi connectivity index (χ3n) is 7.46. The van der Waals surface area contributed by atoms with Crippen molar-refractivity contribution in [2.75, 3.05) is 17.7 Å². The maximum absolute atomic E-state index is 14.0. The van der Waals surface area contributed by atoms with Gasteiger partial charge in [-0.05, 0) is 75.4 Å². The molecule has 204 valence electrons. The van der Waals surface area contributed by atoms with Gasteiger partial charge in [0.1, 0.15) is 5.75 Å². The first-order chi connectivity index (χ1) is 18.9. The summed E-state index contributed by atoms with van der Waals surface area (Å²) in [6.07, 6.45) is 2.13. The number of carbonyl (C=O) groups excluding carboxylic acids is 1. The highest BCUT2D eigenvalue weighted by Gasteiger charge is 2.37. The summed E-state index contributed by atoms with van der Waals surface area (Å²) in [4.78, 5) is 14.0. The Hall–Kier alpha value is -3.93. The first kappa shape index (κ1) is 26.7. The summed E-state index contributed by atoms with van der Waals surface area (Å²) in [5.74, 6) is 2.34. The van der Waals surface area contributed by atoms with Crippen LogP contribution in [-0.2, 0) is 4.79 Å². The molecule has 0 aromatic heterocycles. The Morgan fingerprint density at radius 3 is 2.36 bits per heavy atom. The number of hydrogen-bond acceptors (Lipinski definition) is 6. The molecule has 6 heteroatoms. The Balaban J connectivity index is 1.56. The number of para-hydroxylation sites is 3. The van der Waals surface area contributed by atoms with Crippen LogP contribution in [0.3, 0.4) is 0 Å². The minimum atomic E-state index is -0.332. The Labute approximate surface area is 231 Å². The van der Waals surface area contributed by atoms with Crippen LogP contribution in [0.5, 0.6) is 17.2 Å². The van der Waals surface area contributed by atoms with E-state index in [1.165, 1.54) is 0 Å². The molecule has 3 aromatic rings. The predicted molar refractivity (Wildman–Crippen MR) is 156 cm³/mol. The molecule has 1 aliphatic carbocycles. The van der Waals surface area contributed by atoms with Crippen LogP contribution in [0.25, 0.3) is 0 Å². The average Bonchev–Trinajstić information content (AvgIpc) is 3.10. The van der Waals surface area contributed by atoms with E-state index in [2.05, 4.69) is 36.6 Å². The molecule has 2 N–H and O–H groups in total. The van der Waals surface area contributed by atoms with E-state index >= 15 is 0 Å². The number of fused-ring (bicyclic) bond motifs is 1. The van der Waals surface area contributed by atoms with E-state index < -0.39 is 0 Å². The highest BCUT2D eigenvalue weighted by molar-refractivity contribution is 6.01. The maximum atomic E-state index is 14.0. The lowest BCUT2D eigenvalue weighted by atomic mass is 9.78. The number of ketones is 1. The van der Waals surface area contributed by atoms with Crippen molar-refractivity contribution in [1.29, 1.82) is 0 Å². The topological polar surface area (TPSA) is 68.8 Å². The van der Waals surface area contributed by atoms with Gasteiger partial charge >= 0.3 is 0 Å². The summed E-state index contributed by atoms with van der Waals surface area (Å²) in [7, 11) is 1.65. The molecule has 1 heterocycles. The van der Waals surface area contributed by atoms with Gasteiger partial charge in [0, 0.05) is 23.3 Å². The molecule has 0 amide bonds. The number of rotatable bonds is 8. The van der Waals surface area contributed by atoms with Gasteiger partial charge in [0.15, 0.2) is 17.3 Å². The number of ether oxygens (including phenoxy) is 3. The van der Waals surface area contributed by atoms with Crippen LogP contribution in [0.15, 0.2) is 78.0 Å². The second kappa shape index (κ2) is 11.4. The fourth-order valence-corrected chi connectivity index (χ4v) is 5.38. The zero-order valence-electron chi connectivity index (χ0n) is 23.4. The summed E-state index contributed by atoms with van der Waals surface area (Å²) >= 11 is 0. The average molecular weight is 527 g/mol. The fourth-order valence-electron chi connectivity index (χ4n) is 5.38. The van der Waals surface area contributed by atoms with Crippen LogP contribution >= 0.6 is 0 Å². The van der Waals surface area contributed by atoms with E-state index in [-0.39, 0.29) is 30.0 Å². The zero-order valence-corrected chi connectivity index (χ0v) is 23.4. The van der Waals surface area contributed by atoms with Gasteiger partial charge in [0.05, 0.1) is 36.7 Å². The standard InChI is InChI=1S/C33H38N2O4/c1-6-21(4)39-29-14-10-7-11-24(29)33-32-27(34-25-12-8-9-13-26(25)35-33)17-23(18-28(32)36)22-15-16-30(38-20(2)3)31(19-22)37-5/h7-16,19-21,23,33-35H,6,17-18H2,1-5H3. The van der Waals surface area contributed by atoms with Crippen LogP contribution in [0.2, 0.25) is 0 Å². The molecule has 0 fully saturated rings. The van der Waals surface area contributed by atoms with Crippen LogP contribution in [0, 0.1) is 0 Å². The van der Waals surface area contributed by atoms with Crippen molar-refractivity contribution in [2.45, 2.75) is 71.1 Å². The van der Waals surface area contributed by atoms with Gasteiger partial charge in [-0.2, -0.15) is 0 Å². The van der Waals surface area contributed by atoms with Crippen molar-refractivity contribution >= 4 is 17.2 Å². The van der Waals surface area contributed by atoms with E-state index in [4.69, 9.17) is 14.2 Å². The summed E-state index contributed by atoms with van der Waals surface area (Å²) in [5.41, 5.74) is 5.66. The molecule has 3 atom stereocenters. The third kappa shape index (κ3) is 5.60. The molecule has 3 aromatic carbocycles. The molecule has 0 saturated carbocycles. The monoisotopic (exact) mass is 526 g/mol. The molecule has 1 aliphatic heterocycles. The molecule has 39 heavy (non-hydrogen) atoms. The number of benzene rings is 3. The maximum Gasteiger partial charge on any atom is 0.163 e. The Morgan fingerprint density at radius 2 is 1.62 bits per heavy atom. The van der Waals surface area contributed by atoms with Gasteiger partial charge in [-0.3, -0.25) is 4.79 Å². The van der Waals surface area contributed by atoms with Crippen molar-refractivity contribution in [3.8, 4) is 17.2 Å². The van der Waals surface area contributed by atoms with E-state index in [1.807, 2.05) is 68.4 Å². The largest absolute Gasteiger partial charge is 0.493 e. The Bertz CT molecular complexity index is 1380. The van der Waals surface area contributed by atoms with Crippen molar-refractivity contribution in [2.24, 2.45) is 0 Å². The van der Waals surface area contributed by atoms with Crippen molar-refractivity contribution < 1.29 is 19.0 Å². The molecule has 0 spiro atoms. The van der Waals surface area contributed by atoms with E-state index in [0.717, 1.165) is 45.9 Å². The van der Waals surface area contributed by atoms with Crippen molar-refractivity contribution in [3.63, 3.8) is 0 Å². The van der Waals surface area contributed by atoms with Crippen molar-refractivity contribution in [1.82, 2.24) is 0 Å². The van der Waals surface area contributed by atoms with Crippen LogP contribution in [0.1, 0.15) is 70.0 Å². The molecule has 0 saturated heterocycles. The van der Waals surface area contributed by atoms with E-state index in [9.17, 15) is 4.79 Å². The molecular weight excluding hydrogens is 488 g/mol. The minimum absolute atomic E-state index is 0.0169. The summed E-state index contributed by atoms with van der Waals surface area (Å²) in [6, 6.07) is 21.8. The number of carbonyl (C=O) groups is 1. The Kier molecular flexibility index (Phi) is 7.82. The van der Waals surface area contributed by atoms with Crippen LogP contribution in [-0.4, -0.2) is 25.1 Å². The summed E-state index contributed by atoms with van der Waals surface area (Å²) < 4.78 is 17.9. The lowest BCUT2D eigenvalue weighted by Crippen LogP contribution is -2.27. The molecule has 0 radical (unpaired) electrons. The van der Waals surface area contributed by atoms with Crippen LogP contribution < -0.4 is 24.8 Å². The number of Topliss-reactive ketones (excluding diaryl/α,β-unsaturated/α-hetero) is 1. The fraction of sp³-hybridized carbons (Fsp3) is 0.364. The van der Waals surface area contributed by atoms with Crippen molar-refractivity contribution in [3.05, 3.63) is 89.1 Å². The lowest BCUT2D eigenvalue weighted by Gasteiger charge is -2.31. The molecule has 6 nitrogen and oxygen atoms in total. The van der Waals surface area contributed by atoms with Gasteiger partial charge < -0.3 is 24.8 Å². The third-order valence-corrected chi connectivity index (χ3v) is 7.46. The number of anilines is 2.